The van der Waals surface area contributed by atoms with E-state index < -0.39 is 23.9 Å². The van der Waals surface area contributed by atoms with Gasteiger partial charge in [0, 0.05) is 26.2 Å². The summed E-state index contributed by atoms with van der Waals surface area (Å²) in [6.07, 6.45) is -0.376. The van der Waals surface area contributed by atoms with E-state index in [-0.39, 0.29) is 13.0 Å². The molecule has 3 N–H and O–H groups in total. The second kappa shape index (κ2) is 7.70. The van der Waals surface area contributed by atoms with Gasteiger partial charge in [0.05, 0.1) is 20.1 Å². The Hall–Kier alpha value is -1.67. The zero-order chi connectivity index (χ0) is 14.3. The van der Waals surface area contributed by atoms with E-state index in [1.807, 2.05) is 4.90 Å². The second-order valence-electron chi connectivity index (χ2n) is 4.26. The number of rotatable bonds is 6. The maximum Gasteiger partial charge on any atom is 0.326 e. The summed E-state index contributed by atoms with van der Waals surface area (Å²) in [7, 11) is 1.17. The first kappa shape index (κ1) is 15.4. The Kier molecular flexibility index (Phi) is 6.23. The summed E-state index contributed by atoms with van der Waals surface area (Å²) in [6, 6.07) is -1.25. The van der Waals surface area contributed by atoms with Gasteiger partial charge in [-0.1, -0.05) is 0 Å². The first-order valence-electron chi connectivity index (χ1n) is 6.05. The van der Waals surface area contributed by atoms with Gasteiger partial charge in [0.1, 0.15) is 6.04 Å². The maximum absolute atomic E-state index is 11.7. The quantitative estimate of drug-likeness (QED) is 0.481. The molecule has 19 heavy (non-hydrogen) atoms. The average Bonchev–Trinajstić information content (AvgIpc) is 2.38. The first-order valence-corrected chi connectivity index (χ1v) is 6.05. The van der Waals surface area contributed by atoms with Crippen molar-refractivity contribution in [2.45, 2.75) is 12.5 Å². The Morgan fingerprint density at radius 3 is 2.53 bits per heavy atom. The molecule has 0 radical (unpaired) electrons. The Morgan fingerprint density at radius 2 is 2.00 bits per heavy atom. The van der Waals surface area contributed by atoms with E-state index in [0.29, 0.717) is 0 Å². The van der Waals surface area contributed by atoms with E-state index >= 15 is 0 Å². The van der Waals surface area contributed by atoms with Gasteiger partial charge in [-0.3, -0.25) is 14.5 Å². The van der Waals surface area contributed by atoms with Crippen LogP contribution in [0.15, 0.2) is 0 Å². The number of amides is 1. The molecular weight excluding hydrogens is 254 g/mol. The van der Waals surface area contributed by atoms with Crippen LogP contribution >= 0.6 is 0 Å². The molecule has 0 spiro atoms. The minimum atomic E-state index is -1.25. The molecule has 0 saturated carbocycles. The number of nitrogens with zero attached hydrogens (tertiary/aromatic N) is 1. The monoisotopic (exact) mass is 273 g/mol. The van der Waals surface area contributed by atoms with Crippen molar-refractivity contribution in [2.75, 3.05) is 39.8 Å². The molecule has 8 heteroatoms. The summed E-state index contributed by atoms with van der Waals surface area (Å²) in [5, 5.41) is 14.4. The van der Waals surface area contributed by atoms with Gasteiger partial charge in [-0.2, -0.15) is 0 Å². The lowest BCUT2D eigenvalue weighted by atomic mass is 10.2. The Morgan fingerprint density at radius 1 is 1.37 bits per heavy atom. The van der Waals surface area contributed by atoms with E-state index in [1.165, 1.54) is 7.11 Å². The molecule has 0 aliphatic carbocycles. The highest BCUT2D eigenvalue weighted by Crippen LogP contribution is 1.97. The number of piperazine rings is 1. The van der Waals surface area contributed by atoms with Crippen molar-refractivity contribution in [3.05, 3.63) is 0 Å². The maximum atomic E-state index is 11.7. The van der Waals surface area contributed by atoms with Crippen LogP contribution < -0.4 is 10.6 Å². The van der Waals surface area contributed by atoms with Crippen molar-refractivity contribution >= 4 is 17.8 Å². The molecule has 0 aromatic carbocycles. The van der Waals surface area contributed by atoms with Gasteiger partial charge in [0.25, 0.3) is 0 Å². The minimum Gasteiger partial charge on any atom is -0.480 e. The zero-order valence-electron chi connectivity index (χ0n) is 10.8. The van der Waals surface area contributed by atoms with Crippen molar-refractivity contribution < 1.29 is 24.2 Å². The Bertz CT molecular complexity index is 341. The fourth-order valence-corrected chi connectivity index (χ4v) is 1.76. The van der Waals surface area contributed by atoms with Crippen LogP contribution in [0.1, 0.15) is 6.42 Å². The van der Waals surface area contributed by atoms with Gasteiger partial charge in [0.2, 0.25) is 5.91 Å². The highest BCUT2D eigenvalue weighted by molar-refractivity contribution is 5.87. The number of aliphatic carboxylic acids is 1. The van der Waals surface area contributed by atoms with Gasteiger partial charge in [0.15, 0.2) is 0 Å². The molecule has 0 aromatic heterocycles. The van der Waals surface area contributed by atoms with Gasteiger partial charge in [-0.05, 0) is 0 Å². The number of carboxylic acids is 1. The molecule has 0 unspecified atom stereocenters. The van der Waals surface area contributed by atoms with E-state index in [1.54, 1.807) is 0 Å². The van der Waals surface area contributed by atoms with Crippen LogP contribution in [0.3, 0.4) is 0 Å². The van der Waals surface area contributed by atoms with Crippen molar-refractivity contribution in [3.63, 3.8) is 0 Å². The molecule has 1 amide bonds. The SMILES string of the molecule is COC(=O)C[C@H](NC(=O)CN1CCNCC1)C(=O)O. The predicted octanol–water partition coefficient (Wildman–Crippen LogP) is -1.98. The number of carbonyl (C=O) groups is 3. The largest absolute Gasteiger partial charge is 0.480 e. The first-order chi connectivity index (χ1) is 9.02. The van der Waals surface area contributed by atoms with E-state index in [0.717, 1.165) is 26.2 Å². The predicted molar refractivity (Wildman–Crippen MR) is 65.5 cm³/mol. The number of ether oxygens (including phenoxy) is 1. The van der Waals surface area contributed by atoms with Crippen LogP contribution in [-0.2, 0) is 19.1 Å². The number of methoxy groups -OCH3 is 1. The summed E-state index contributed by atoms with van der Waals surface area (Å²) in [4.78, 5) is 35.6. The molecule has 1 atom stereocenters. The highest BCUT2D eigenvalue weighted by Gasteiger charge is 2.24. The third-order valence-electron chi connectivity index (χ3n) is 2.81. The zero-order valence-corrected chi connectivity index (χ0v) is 10.8. The van der Waals surface area contributed by atoms with Gasteiger partial charge in [-0.25, -0.2) is 4.79 Å². The lowest BCUT2D eigenvalue weighted by Crippen LogP contribution is -2.50. The molecule has 1 heterocycles. The fourth-order valence-electron chi connectivity index (χ4n) is 1.76. The van der Waals surface area contributed by atoms with Crippen molar-refractivity contribution in [1.29, 1.82) is 0 Å². The summed E-state index contributed by atoms with van der Waals surface area (Å²) >= 11 is 0. The molecular formula is C11H19N3O5. The van der Waals surface area contributed by atoms with Crippen LogP contribution in [0.4, 0.5) is 0 Å². The summed E-state index contributed by atoms with van der Waals surface area (Å²) in [6.45, 7) is 3.21. The topological polar surface area (TPSA) is 108 Å². The number of nitrogens with one attached hydrogen (secondary N) is 2. The number of carbonyl (C=O) groups excluding carboxylic acids is 2. The number of hydrogen-bond acceptors (Lipinski definition) is 6. The van der Waals surface area contributed by atoms with Crippen LogP contribution in [0, 0.1) is 0 Å². The third kappa shape index (κ3) is 5.66. The lowest BCUT2D eigenvalue weighted by Gasteiger charge is -2.26. The highest BCUT2D eigenvalue weighted by atomic mass is 16.5. The molecule has 1 aliphatic heterocycles. The second-order valence-corrected chi connectivity index (χ2v) is 4.26. The smallest absolute Gasteiger partial charge is 0.326 e. The van der Waals surface area contributed by atoms with E-state index in [9.17, 15) is 14.4 Å². The third-order valence-corrected chi connectivity index (χ3v) is 2.81. The van der Waals surface area contributed by atoms with Gasteiger partial charge >= 0.3 is 11.9 Å². The van der Waals surface area contributed by atoms with Gasteiger partial charge in [-0.15, -0.1) is 0 Å². The summed E-state index contributed by atoms with van der Waals surface area (Å²) in [5.74, 6) is -2.33. The standard InChI is InChI=1S/C11H19N3O5/c1-19-10(16)6-8(11(17)18)13-9(15)7-14-4-2-12-3-5-14/h8,12H,2-7H2,1H3,(H,13,15)(H,17,18)/t8-/m0/s1. The summed E-state index contributed by atoms with van der Waals surface area (Å²) in [5.41, 5.74) is 0. The summed E-state index contributed by atoms with van der Waals surface area (Å²) < 4.78 is 4.39. The number of hydrogen-bond donors (Lipinski definition) is 3. The van der Waals surface area contributed by atoms with Crippen LogP contribution in [0.5, 0.6) is 0 Å². The average molecular weight is 273 g/mol. The molecule has 8 nitrogen and oxygen atoms in total. The van der Waals surface area contributed by atoms with Crippen LogP contribution in [0.2, 0.25) is 0 Å². The Labute approximate surface area is 111 Å². The normalized spacial score (nSPS) is 17.5. The van der Waals surface area contributed by atoms with Crippen molar-refractivity contribution in [3.8, 4) is 0 Å². The number of carboxylic acid groups (broad SMARTS) is 1. The van der Waals surface area contributed by atoms with Crippen LogP contribution in [0.25, 0.3) is 0 Å². The van der Waals surface area contributed by atoms with Crippen molar-refractivity contribution in [2.24, 2.45) is 0 Å². The number of esters is 1. The molecule has 0 bridgehead atoms. The van der Waals surface area contributed by atoms with E-state index in [4.69, 9.17) is 5.11 Å². The molecule has 0 aromatic rings. The van der Waals surface area contributed by atoms with Gasteiger partial charge < -0.3 is 20.5 Å². The molecule has 1 aliphatic rings. The minimum absolute atomic E-state index is 0.132. The lowest BCUT2D eigenvalue weighted by molar-refractivity contribution is -0.148. The van der Waals surface area contributed by atoms with E-state index in [2.05, 4.69) is 15.4 Å². The molecule has 1 rings (SSSR count). The fraction of sp³-hybridized carbons (Fsp3) is 0.727. The van der Waals surface area contributed by atoms with Crippen LogP contribution in [-0.4, -0.2) is 73.7 Å². The van der Waals surface area contributed by atoms with Crippen molar-refractivity contribution in [1.82, 2.24) is 15.5 Å². The molecule has 108 valence electrons. The molecule has 1 fully saturated rings. The Balaban J connectivity index is 2.41. The molecule has 1 saturated heterocycles.